The van der Waals surface area contributed by atoms with Crippen molar-refractivity contribution in [2.45, 2.75) is 12.8 Å². The van der Waals surface area contributed by atoms with E-state index in [2.05, 4.69) is 0 Å². The molecule has 2 aromatic rings. The van der Waals surface area contributed by atoms with Crippen molar-refractivity contribution in [1.29, 1.82) is 0 Å². The van der Waals surface area contributed by atoms with Gasteiger partial charge in [0.1, 0.15) is 6.61 Å². The Morgan fingerprint density at radius 2 is 1.61 bits per heavy atom. The van der Waals surface area contributed by atoms with Crippen LogP contribution in [0.4, 0.5) is 4.79 Å². The van der Waals surface area contributed by atoms with E-state index in [9.17, 15) is 19.2 Å². The van der Waals surface area contributed by atoms with Gasteiger partial charge in [-0.15, -0.1) is 0 Å². The number of carbonyl (C=O) groups excluding carboxylic acids is 4. The monoisotopic (exact) mass is 399 g/mol. The summed E-state index contributed by atoms with van der Waals surface area (Å²) < 4.78 is 4.81. The van der Waals surface area contributed by atoms with E-state index in [1.807, 2.05) is 0 Å². The summed E-state index contributed by atoms with van der Waals surface area (Å²) in [5.74, 6) is -2.22. The van der Waals surface area contributed by atoms with Crippen LogP contribution in [0, 0.1) is 5.92 Å². The van der Waals surface area contributed by atoms with Crippen LogP contribution in [0.15, 0.2) is 54.6 Å². The lowest BCUT2D eigenvalue weighted by atomic mass is 9.90. The number of benzene rings is 2. The van der Waals surface area contributed by atoms with Crippen molar-refractivity contribution in [3.8, 4) is 0 Å². The predicted molar refractivity (Wildman–Crippen MR) is 102 cm³/mol. The molecule has 1 atom stereocenters. The van der Waals surface area contributed by atoms with Crippen LogP contribution in [0.1, 0.15) is 33.6 Å². The molecule has 1 unspecified atom stereocenters. The van der Waals surface area contributed by atoms with Crippen LogP contribution in [0.2, 0.25) is 5.02 Å². The third kappa shape index (κ3) is 4.46. The van der Waals surface area contributed by atoms with Gasteiger partial charge in [0, 0.05) is 24.0 Å². The van der Waals surface area contributed by atoms with Crippen LogP contribution in [-0.2, 0) is 9.53 Å². The zero-order valence-corrected chi connectivity index (χ0v) is 15.7. The molecule has 1 aliphatic heterocycles. The number of nitrogens with zero attached hydrogens (tertiary/aromatic N) is 1. The Bertz CT molecular complexity index is 912. The number of hydrogen-bond acceptors (Lipinski definition) is 5. The van der Waals surface area contributed by atoms with E-state index in [0.717, 1.165) is 4.90 Å². The van der Waals surface area contributed by atoms with Gasteiger partial charge in [0.05, 0.1) is 17.5 Å². The second-order valence-electron chi connectivity index (χ2n) is 6.40. The van der Waals surface area contributed by atoms with Gasteiger partial charge in [-0.1, -0.05) is 54.1 Å². The number of halogens is 1. The van der Waals surface area contributed by atoms with E-state index in [1.54, 1.807) is 54.6 Å². The number of cyclic esters (lactones) is 1. The van der Waals surface area contributed by atoms with Crippen LogP contribution < -0.4 is 0 Å². The SMILES string of the molecule is O=C(CC(CC(=O)c1ccccc1Cl)C(=O)N1CCOC1=O)c1ccccc1. The summed E-state index contributed by atoms with van der Waals surface area (Å²) in [5.41, 5.74) is 0.715. The molecule has 7 heteroatoms. The number of ketones is 2. The highest BCUT2D eigenvalue weighted by Gasteiger charge is 2.36. The van der Waals surface area contributed by atoms with Crippen molar-refractivity contribution >= 4 is 35.2 Å². The fourth-order valence-electron chi connectivity index (χ4n) is 3.05. The highest BCUT2D eigenvalue weighted by molar-refractivity contribution is 6.34. The van der Waals surface area contributed by atoms with Crippen molar-refractivity contribution in [1.82, 2.24) is 4.90 Å². The van der Waals surface area contributed by atoms with Gasteiger partial charge in [-0.05, 0) is 12.1 Å². The smallest absolute Gasteiger partial charge is 0.416 e. The number of amides is 2. The lowest BCUT2D eigenvalue weighted by molar-refractivity contribution is -0.131. The number of imide groups is 1. The Hall–Kier alpha value is -2.99. The second kappa shape index (κ2) is 8.80. The first kappa shape index (κ1) is 19.8. The van der Waals surface area contributed by atoms with Gasteiger partial charge in [0.25, 0.3) is 0 Å². The third-order valence-corrected chi connectivity index (χ3v) is 4.84. The maximum atomic E-state index is 12.9. The first-order chi connectivity index (χ1) is 13.5. The third-order valence-electron chi connectivity index (χ3n) is 4.51. The number of Topliss-reactive ketones (excluding diaryl/α,β-unsaturated/α-hetero) is 2. The average Bonchev–Trinajstić information content (AvgIpc) is 3.13. The van der Waals surface area contributed by atoms with E-state index in [0.29, 0.717) is 5.56 Å². The van der Waals surface area contributed by atoms with Crippen molar-refractivity contribution in [2.75, 3.05) is 13.2 Å². The standard InChI is InChI=1S/C21H18ClNO5/c22-17-9-5-4-8-16(17)19(25)13-15(20(26)23-10-11-28-21(23)27)12-18(24)14-6-2-1-3-7-14/h1-9,15H,10-13H2. The van der Waals surface area contributed by atoms with E-state index >= 15 is 0 Å². The molecule has 1 saturated heterocycles. The molecule has 0 spiro atoms. The zero-order chi connectivity index (χ0) is 20.1. The molecule has 144 valence electrons. The molecule has 28 heavy (non-hydrogen) atoms. The summed E-state index contributed by atoms with van der Waals surface area (Å²) in [7, 11) is 0. The Morgan fingerprint density at radius 1 is 0.964 bits per heavy atom. The summed E-state index contributed by atoms with van der Waals surface area (Å²) in [5, 5.41) is 0.272. The van der Waals surface area contributed by atoms with Crippen LogP contribution in [0.25, 0.3) is 0 Å². The lowest BCUT2D eigenvalue weighted by Gasteiger charge is -2.19. The van der Waals surface area contributed by atoms with Crippen LogP contribution in [0.5, 0.6) is 0 Å². The molecule has 0 bridgehead atoms. The quantitative estimate of drug-likeness (QED) is 0.662. The van der Waals surface area contributed by atoms with Gasteiger partial charge < -0.3 is 4.74 Å². The Labute approximate surface area is 167 Å². The number of ether oxygens (including phenoxy) is 1. The van der Waals surface area contributed by atoms with E-state index in [4.69, 9.17) is 16.3 Å². The minimum atomic E-state index is -0.984. The first-order valence-corrected chi connectivity index (χ1v) is 9.19. The summed E-state index contributed by atoms with van der Waals surface area (Å²) in [6.45, 7) is 0.205. The van der Waals surface area contributed by atoms with Gasteiger partial charge in [-0.25, -0.2) is 9.69 Å². The van der Waals surface area contributed by atoms with Gasteiger partial charge in [-0.2, -0.15) is 0 Å². The van der Waals surface area contributed by atoms with E-state index in [1.165, 1.54) is 0 Å². The molecule has 0 aliphatic carbocycles. The molecule has 2 amide bonds. The summed E-state index contributed by atoms with van der Waals surface area (Å²) in [6.07, 6.45) is -1.18. The van der Waals surface area contributed by atoms with Crippen LogP contribution >= 0.6 is 11.6 Å². The Morgan fingerprint density at radius 3 is 2.25 bits per heavy atom. The largest absolute Gasteiger partial charge is 0.447 e. The van der Waals surface area contributed by atoms with Crippen molar-refractivity contribution < 1.29 is 23.9 Å². The van der Waals surface area contributed by atoms with E-state index in [-0.39, 0.29) is 48.1 Å². The highest BCUT2D eigenvalue weighted by Crippen LogP contribution is 2.24. The van der Waals surface area contributed by atoms with E-state index < -0.39 is 17.9 Å². The minimum absolute atomic E-state index is 0.0996. The molecule has 3 rings (SSSR count). The average molecular weight is 400 g/mol. The van der Waals surface area contributed by atoms with Gasteiger partial charge >= 0.3 is 6.09 Å². The number of rotatable bonds is 7. The molecule has 0 saturated carbocycles. The molecule has 1 fully saturated rings. The molecular weight excluding hydrogens is 382 g/mol. The molecule has 6 nitrogen and oxygen atoms in total. The molecule has 2 aromatic carbocycles. The minimum Gasteiger partial charge on any atom is -0.447 e. The Balaban J connectivity index is 1.82. The highest BCUT2D eigenvalue weighted by atomic mass is 35.5. The molecule has 0 aromatic heterocycles. The summed E-state index contributed by atoms with van der Waals surface area (Å²) >= 11 is 6.08. The number of hydrogen-bond donors (Lipinski definition) is 0. The lowest BCUT2D eigenvalue weighted by Crippen LogP contribution is -2.38. The number of carbonyl (C=O) groups is 4. The second-order valence-corrected chi connectivity index (χ2v) is 6.81. The van der Waals surface area contributed by atoms with Crippen LogP contribution in [-0.4, -0.2) is 41.6 Å². The topological polar surface area (TPSA) is 80.8 Å². The summed E-state index contributed by atoms with van der Waals surface area (Å²) in [6, 6.07) is 15.0. The Kier molecular flexibility index (Phi) is 6.21. The fourth-order valence-corrected chi connectivity index (χ4v) is 3.29. The fraction of sp³-hybridized carbons (Fsp3) is 0.238. The summed E-state index contributed by atoms with van der Waals surface area (Å²) in [4.78, 5) is 50.9. The predicted octanol–water partition coefficient (Wildman–Crippen LogP) is 3.78. The molecule has 0 radical (unpaired) electrons. The maximum Gasteiger partial charge on any atom is 0.416 e. The van der Waals surface area contributed by atoms with Gasteiger partial charge in [0.2, 0.25) is 5.91 Å². The van der Waals surface area contributed by atoms with Crippen molar-refractivity contribution in [2.24, 2.45) is 5.92 Å². The van der Waals surface area contributed by atoms with Gasteiger partial charge in [0.15, 0.2) is 11.6 Å². The molecule has 0 N–H and O–H groups in total. The van der Waals surface area contributed by atoms with Crippen molar-refractivity contribution in [3.05, 3.63) is 70.7 Å². The van der Waals surface area contributed by atoms with Gasteiger partial charge in [-0.3, -0.25) is 14.4 Å². The molecule has 1 aliphatic rings. The molecule has 1 heterocycles. The zero-order valence-electron chi connectivity index (χ0n) is 15.0. The first-order valence-electron chi connectivity index (χ1n) is 8.81. The molecular formula is C21H18ClNO5. The maximum absolute atomic E-state index is 12.9. The van der Waals surface area contributed by atoms with Crippen LogP contribution in [0.3, 0.4) is 0 Å². The van der Waals surface area contributed by atoms with Crippen molar-refractivity contribution in [3.63, 3.8) is 0 Å². The normalized spacial score (nSPS) is 14.5.